The summed E-state index contributed by atoms with van der Waals surface area (Å²) in [5.74, 6) is 0.492. The number of aldehydes is 1. The van der Waals surface area contributed by atoms with Crippen molar-refractivity contribution in [3.05, 3.63) is 33.7 Å². The summed E-state index contributed by atoms with van der Waals surface area (Å²) in [4.78, 5) is 37.7. The van der Waals surface area contributed by atoms with E-state index in [0.29, 0.717) is 12.0 Å². The normalized spacial score (nSPS) is 10.5. The van der Waals surface area contributed by atoms with Gasteiger partial charge in [0.25, 0.3) is 0 Å². The molecule has 0 amide bonds. The minimum atomic E-state index is -0.371. The first-order valence-corrected chi connectivity index (χ1v) is 9.37. The van der Waals surface area contributed by atoms with Gasteiger partial charge in [0.2, 0.25) is 5.95 Å². The zero-order chi connectivity index (χ0) is 21.6. The van der Waals surface area contributed by atoms with Gasteiger partial charge in [-0.1, -0.05) is 11.6 Å². The van der Waals surface area contributed by atoms with Crippen LogP contribution in [0, 0.1) is 13.8 Å². The summed E-state index contributed by atoms with van der Waals surface area (Å²) in [6, 6.07) is 0. The van der Waals surface area contributed by atoms with Crippen LogP contribution in [0.5, 0.6) is 5.75 Å². The van der Waals surface area contributed by atoms with E-state index >= 15 is 0 Å². The van der Waals surface area contributed by atoms with Crippen molar-refractivity contribution in [2.75, 3.05) is 30.9 Å². The highest BCUT2D eigenvalue weighted by atomic mass is 35.5. The Labute approximate surface area is 174 Å². The lowest BCUT2D eigenvalue weighted by atomic mass is 10.1. The van der Waals surface area contributed by atoms with E-state index in [0.717, 1.165) is 16.9 Å². The Morgan fingerprint density at radius 1 is 1.34 bits per heavy atom. The van der Waals surface area contributed by atoms with Crippen molar-refractivity contribution in [3.8, 4) is 5.75 Å². The summed E-state index contributed by atoms with van der Waals surface area (Å²) in [7, 11) is 1.59. The second kappa shape index (κ2) is 10.0. The summed E-state index contributed by atoms with van der Waals surface area (Å²) in [6.07, 6.45) is 2.34. The van der Waals surface area contributed by atoms with Crippen LogP contribution in [0.1, 0.15) is 40.5 Å². The van der Waals surface area contributed by atoms with Crippen LogP contribution in [-0.2, 0) is 16.1 Å². The molecule has 29 heavy (non-hydrogen) atoms. The molecule has 0 atom stereocenters. The van der Waals surface area contributed by atoms with Gasteiger partial charge in [-0.25, -0.2) is 4.98 Å². The number of methoxy groups -OCH3 is 1. The molecule has 10 heteroatoms. The van der Waals surface area contributed by atoms with Crippen LogP contribution in [0.15, 0.2) is 6.20 Å². The third-order valence-corrected chi connectivity index (χ3v) is 4.58. The molecule has 0 saturated heterocycles. The summed E-state index contributed by atoms with van der Waals surface area (Å²) in [5.41, 5.74) is 8.26. The lowest BCUT2D eigenvalue weighted by molar-refractivity contribution is -0.142. The van der Waals surface area contributed by atoms with E-state index in [9.17, 15) is 9.59 Å². The van der Waals surface area contributed by atoms with Gasteiger partial charge in [0.05, 0.1) is 37.9 Å². The van der Waals surface area contributed by atoms with Crippen molar-refractivity contribution >= 4 is 35.6 Å². The Bertz CT molecular complexity index is 907. The van der Waals surface area contributed by atoms with Gasteiger partial charge in [0.15, 0.2) is 6.29 Å². The molecule has 2 N–H and O–H groups in total. The van der Waals surface area contributed by atoms with E-state index < -0.39 is 0 Å². The topological polar surface area (TPSA) is 121 Å². The van der Waals surface area contributed by atoms with Gasteiger partial charge in [-0.05, 0) is 20.8 Å². The maximum Gasteiger partial charge on any atom is 0.307 e. The predicted molar refractivity (Wildman–Crippen MR) is 109 cm³/mol. The SMILES string of the molecule is CCOC(=O)CCN(Cc1ncc(C)c(OC)c1C)c1nc(N)nc(Cl)c1C=O. The summed E-state index contributed by atoms with van der Waals surface area (Å²) in [6.45, 7) is 6.26. The average molecular weight is 422 g/mol. The van der Waals surface area contributed by atoms with Crippen molar-refractivity contribution in [1.29, 1.82) is 0 Å². The van der Waals surface area contributed by atoms with E-state index in [1.165, 1.54) is 0 Å². The monoisotopic (exact) mass is 421 g/mol. The molecule has 9 nitrogen and oxygen atoms in total. The molecule has 0 radical (unpaired) electrons. The van der Waals surface area contributed by atoms with Crippen LogP contribution in [0.4, 0.5) is 11.8 Å². The Kier molecular flexibility index (Phi) is 7.72. The van der Waals surface area contributed by atoms with Gasteiger partial charge >= 0.3 is 5.97 Å². The Morgan fingerprint density at radius 2 is 2.07 bits per heavy atom. The largest absolute Gasteiger partial charge is 0.496 e. The summed E-state index contributed by atoms with van der Waals surface area (Å²) < 4.78 is 10.5. The van der Waals surface area contributed by atoms with Gasteiger partial charge in [0, 0.05) is 23.9 Å². The smallest absolute Gasteiger partial charge is 0.307 e. The zero-order valence-electron chi connectivity index (χ0n) is 16.9. The number of nitrogen functional groups attached to an aromatic ring is 1. The van der Waals surface area contributed by atoms with Crippen molar-refractivity contribution in [3.63, 3.8) is 0 Å². The number of hydrogen-bond donors (Lipinski definition) is 1. The number of carbonyl (C=O) groups is 2. The van der Waals surface area contributed by atoms with E-state index in [1.807, 2.05) is 13.8 Å². The molecule has 0 fully saturated rings. The quantitative estimate of drug-likeness (QED) is 0.369. The number of aromatic nitrogens is 3. The Morgan fingerprint density at radius 3 is 2.69 bits per heavy atom. The minimum Gasteiger partial charge on any atom is -0.496 e. The zero-order valence-corrected chi connectivity index (χ0v) is 17.6. The lowest BCUT2D eigenvalue weighted by Crippen LogP contribution is -2.29. The second-order valence-electron chi connectivity index (χ2n) is 6.25. The first kappa shape index (κ1) is 22.4. The highest BCUT2D eigenvalue weighted by Gasteiger charge is 2.21. The number of rotatable bonds is 9. The van der Waals surface area contributed by atoms with Crippen molar-refractivity contribution < 1.29 is 19.1 Å². The maximum atomic E-state index is 11.9. The summed E-state index contributed by atoms with van der Waals surface area (Å²) >= 11 is 6.08. The molecule has 0 aliphatic carbocycles. The van der Waals surface area contributed by atoms with Crippen molar-refractivity contribution in [2.45, 2.75) is 33.7 Å². The molecule has 0 aliphatic rings. The second-order valence-corrected chi connectivity index (χ2v) is 6.61. The third-order valence-electron chi connectivity index (χ3n) is 4.30. The number of nitrogens with two attached hydrogens (primary N) is 1. The standard InChI is InChI=1S/C19H24ClN5O4/c1-5-29-15(27)6-7-25(18-13(10-26)17(20)23-19(21)24-18)9-14-12(3)16(28-4)11(2)8-22-14/h8,10H,5-7,9H2,1-4H3,(H2,21,23,24). The van der Waals surface area contributed by atoms with Gasteiger partial charge in [-0.3, -0.25) is 14.6 Å². The minimum absolute atomic E-state index is 0.0604. The number of ether oxygens (including phenoxy) is 2. The molecule has 0 aliphatic heterocycles. The number of aryl methyl sites for hydroxylation is 1. The lowest BCUT2D eigenvalue weighted by Gasteiger charge is -2.26. The highest BCUT2D eigenvalue weighted by Crippen LogP contribution is 2.28. The predicted octanol–water partition coefficient (Wildman–Crippen LogP) is 2.50. The molecule has 0 saturated carbocycles. The number of carbonyl (C=O) groups excluding carboxylic acids is 2. The molecule has 2 rings (SSSR count). The van der Waals surface area contributed by atoms with E-state index in [-0.39, 0.29) is 54.6 Å². The molecule has 0 aromatic carbocycles. The fourth-order valence-electron chi connectivity index (χ4n) is 2.92. The van der Waals surface area contributed by atoms with E-state index in [1.54, 1.807) is 25.1 Å². The Balaban J connectivity index is 2.47. The molecule has 156 valence electrons. The van der Waals surface area contributed by atoms with Gasteiger partial charge in [-0.2, -0.15) is 4.98 Å². The number of nitrogens with zero attached hydrogens (tertiary/aromatic N) is 4. The molecule has 2 heterocycles. The third kappa shape index (κ3) is 5.32. The molecule has 2 aromatic heterocycles. The highest BCUT2D eigenvalue weighted by molar-refractivity contribution is 6.32. The average Bonchev–Trinajstić information content (AvgIpc) is 2.67. The maximum absolute atomic E-state index is 11.9. The number of pyridine rings is 1. The number of anilines is 2. The fraction of sp³-hybridized carbons (Fsp3) is 0.421. The number of hydrogen-bond acceptors (Lipinski definition) is 9. The Hall–Kier alpha value is -2.94. The number of esters is 1. The summed E-state index contributed by atoms with van der Waals surface area (Å²) in [5, 5.41) is -0.0604. The van der Waals surface area contributed by atoms with Gasteiger partial charge in [0.1, 0.15) is 16.7 Å². The molecular formula is C19H24ClN5O4. The first-order chi connectivity index (χ1) is 13.8. The molecule has 0 unspecified atom stereocenters. The van der Waals surface area contributed by atoms with Gasteiger partial charge in [-0.15, -0.1) is 0 Å². The van der Waals surface area contributed by atoms with Gasteiger partial charge < -0.3 is 20.1 Å². The van der Waals surface area contributed by atoms with Crippen LogP contribution in [0.3, 0.4) is 0 Å². The van der Waals surface area contributed by atoms with Crippen LogP contribution in [-0.4, -0.2) is 47.5 Å². The van der Waals surface area contributed by atoms with Crippen molar-refractivity contribution in [2.24, 2.45) is 0 Å². The molecular weight excluding hydrogens is 398 g/mol. The molecule has 0 bridgehead atoms. The van der Waals surface area contributed by atoms with Crippen LogP contribution in [0.2, 0.25) is 5.15 Å². The fourth-order valence-corrected chi connectivity index (χ4v) is 3.14. The van der Waals surface area contributed by atoms with Crippen LogP contribution in [0.25, 0.3) is 0 Å². The number of halogens is 1. The van der Waals surface area contributed by atoms with Crippen LogP contribution < -0.4 is 15.4 Å². The first-order valence-electron chi connectivity index (χ1n) is 9.00. The van der Waals surface area contributed by atoms with E-state index in [2.05, 4.69) is 15.0 Å². The van der Waals surface area contributed by atoms with Crippen molar-refractivity contribution in [1.82, 2.24) is 15.0 Å². The van der Waals surface area contributed by atoms with Crippen LogP contribution >= 0.6 is 11.6 Å². The molecule has 2 aromatic rings. The van der Waals surface area contributed by atoms with E-state index in [4.69, 9.17) is 26.8 Å². The molecule has 0 spiro atoms.